The van der Waals surface area contributed by atoms with Gasteiger partial charge in [-0.1, -0.05) is 0 Å². The van der Waals surface area contributed by atoms with Gasteiger partial charge >= 0.3 is 0 Å². The normalized spacial score (nSPS) is 16.6. The van der Waals surface area contributed by atoms with Crippen molar-refractivity contribution in [1.29, 1.82) is 0 Å². The zero-order chi connectivity index (χ0) is 13.9. The van der Waals surface area contributed by atoms with Crippen LogP contribution in [-0.4, -0.2) is 38.4 Å². The number of ether oxygens (including phenoxy) is 2. The van der Waals surface area contributed by atoms with E-state index in [2.05, 4.69) is 22.0 Å². The molecule has 0 bridgehead atoms. The lowest BCUT2D eigenvalue weighted by molar-refractivity contribution is 0.0819. The van der Waals surface area contributed by atoms with E-state index >= 15 is 0 Å². The number of anilines is 1. The summed E-state index contributed by atoms with van der Waals surface area (Å²) < 4.78 is 10.8. The van der Waals surface area contributed by atoms with Crippen LogP contribution in [0.5, 0.6) is 5.75 Å². The van der Waals surface area contributed by atoms with Crippen molar-refractivity contribution in [1.82, 2.24) is 4.98 Å². The molecule has 1 aliphatic rings. The third kappa shape index (κ3) is 2.43. The molecule has 2 heterocycles. The van der Waals surface area contributed by atoms with Crippen molar-refractivity contribution < 1.29 is 9.47 Å². The molecule has 0 amide bonds. The Hall–Kier alpha value is -1.81. The van der Waals surface area contributed by atoms with E-state index in [9.17, 15) is 0 Å². The van der Waals surface area contributed by atoms with Gasteiger partial charge in [-0.05, 0) is 37.1 Å². The summed E-state index contributed by atoms with van der Waals surface area (Å²) in [6.07, 6.45) is 4.43. The molecule has 0 radical (unpaired) electrons. The summed E-state index contributed by atoms with van der Waals surface area (Å²) in [7, 11) is 3.49. The van der Waals surface area contributed by atoms with E-state index in [-0.39, 0.29) is 0 Å². The van der Waals surface area contributed by atoms with Crippen LogP contribution in [0.3, 0.4) is 0 Å². The Kier molecular flexibility index (Phi) is 3.74. The maximum Gasteiger partial charge on any atom is 0.119 e. The summed E-state index contributed by atoms with van der Waals surface area (Å²) in [6.45, 7) is 2.05. The summed E-state index contributed by atoms with van der Waals surface area (Å²) in [4.78, 5) is 6.85. The number of nitrogens with zero attached hydrogens (tertiary/aromatic N) is 2. The van der Waals surface area contributed by atoms with E-state index in [1.807, 2.05) is 18.3 Å². The first kappa shape index (κ1) is 13.2. The van der Waals surface area contributed by atoms with Gasteiger partial charge in [0.2, 0.25) is 0 Å². The largest absolute Gasteiger partial charge is 0.497 e. The van der Waals surface area contributed by atoms with Crippen LogP contribution in [0.15, 0.2) is 30.5 Å². The number of rotatable bonds is 3. The highest BCUT2D eigenvalue weighted by atomic mass is 16.5. The Morgan fingerprint density at radius 3 is 2.65 bits per heavy atom. The summed E-state index contributed by atoms with van der Waals surface area (Å²) in [5, 5.41) is 1.16. The summed E-state index contributed by atoms with van der Waals surface area (Å²) >= 11 is 0. The molecule has 0 spiro atoms. The number of aromatic nitrogens is 1. The minimum atomic E-state index is 0.397. The zero-order valence-corrected chi connectivity index (χ0v) is 12.0. The number of methoxy groups -OCH3 is 2. The van der Waals surface area contributed by atoms with Crippen molar-refractivity contribution in [2.45, 2.75) is 18.9 Å². The van der Waals surface area contributed by atoms with Crippen LogP contribution in [0.4, 0.5) is 5.69 Å². The van der Waals surface area contributed by atoms with Gasteiger partial charge in [0.1, 0.15) is 5.75 Å². The summed E-state index contributed by atoms with van der Waals surface area (Å²) in [5.41, 5.74) is 2.25. The predicted octanol–water partition coefficient (Wildman–Crippen LogP) is 2.86. The second kappa shape index (κ2) is 5.67. The van der Waals surface area contributed by atoms with Crippen LogP contribution in [0.2, 0.25) is 0 Å². The van der Waals surface area contributed by atoms with E-state index in [4.69, 9.17) is 9.47 Å². The first-order valence-corrected chi connectivity index (χ1v) is 7.02. The molecule has 1 saturated heterocycles. The van der Waals surface area contributed by atoms with E-state index in [0.29, 0.717) is 6.10 Å². The van der Waals surface area contributed by atoms with Gasteiger partial charge in [0.15, 0.2) is 0 Å². The van der Waals surface area contributed by atoms with E-state index in [1.54, 1.807) is 14.2 Å². The topological polar surface area (TPSA) is 34.6 Å². The molecule has 1 aliphatic heterocycles. The maximum atomic E-state index is 5.44. The predicted molar refractivity (Wildman–Crippen MR) is 80.5 cm³/mol. The SMILES string of the molecule is COc1ccc2nccc(N3CCC(OC)CC3)c2c1. The molecule has 0 unspecified atom stereocenters. The Morgan fingerprint density at radius 2 is 1.95 bits per heavy atom. The van der Waals surface area contributed by atoms with Gasteiger partial charge in [-0.3, -0.25) is 4.98 Å². The number of benzene rings is 1. The van der Waals surface area contributed by atoms with Crippen LogP contribution in [0, 0.1) is 0 Å². The molecule has 0 aliphatic carbocycles. The first-order valence-electron chi connectivity index (χ1n) is 7.02. The van der Waals surface area contributed by atoms with Gasteiger partial charge in [0.25, 0.3) is 0 Å². The second-order valence-corrected chi connectivity index (χ2v) is 5.14. The average molecular weight is 272 g/mol. The van der Waals surface area contributed by atoms with Crippen molar-refractivity contribution in [2.75, 3.05) is 32.2 Å². The monoisotopic (exact) mass is 272 g/mol. The highest BCUT2D eigenvalue weighted by Crippen LogP contribution is 2.30. The lowest BCUT2D eigenvalue weighted by Crippen LogP contribution is -2.36. The van der Waals surface area contributed by atoms with Gasteiger partial charge in [-0.15, -0.1) is 0 Å². The molecule has 0 atom stereocenters. The molecule has 106 valence electrons. The van der Waals surface area contributed by atoms with Crippen LogP contribution in [-0.2, 0) is 4.74 Å². The van der Waals surface area contributed by atoms with Crippen LogP contribution in [0.1, 0.15) is 12.8 Å². The molecular weight excluding hydrogens is 252 g/mol. The molecular formula is C16H20N2O2. The van der Waals surface area contributed by atoms with Gasteiger partial charge in [-0.2, -0.15) is 0 Å². The number of hydrogen-bond acceptors (Lipinski definition) is 4. The fourth-order valence-electron chi connectivity index (χ4n) is 2.85. The molecule has 2 aromatic rings. The third-order valence-corrected chi connectivity index (χ3v) is 4.04. The van der Waals surface area contributed by atoms with Gasteiger partial charge in [0.05, 0.1) is 18.7 Å². The summed E-state index contributed by atoms with van der Waals surface area (Å²) in [6, 6.07) is 8.13. The minimum absolute atomic E-state index is 0.397. The molecule has 0 N–H and O–H groups in total. The third-order valence-electron chi connectivity index (χ3n) is 4.04. The number of fused-ring (bicyclic) bond motifs is 1. The van der Waals surface area contributed by atoms with Crippen molar-refractivity contribution in [3.05, 3.63) is 30.5 Å². The van der Waals surface area contributed by atoms with Crippen molar-refractivity contribution in [3.63, 3.8) is 0 Å². The number of pyridine rings is 1. The quantitative estimate of drug-likeness (QED) is 0.860. The standard InChI is InChI=1S/C16H20N2O2/c1-19-12-6-9-18(10-7-12)16-5-8-17-15-4-3-13(20-2)11-14(15)16/h3-5,8,11-12H,6-7,9-10H2,1-2H3. The fraction of sp³-hybridized carbons (Fsp3) is 0.438. The Morgan fingerprint density at radius 1 is 1.15 bits per heavy atom. The Balaban J connectivity index is 1.94. The van der Waals surface area contributed by atoms with Crippen molar-refractivity contribution in [2.24, 2.45) is 0 Å². The van der Waals surface area contributed by atoms with Crippen LogP contribution >= 0.6 is 0 Å². The van der Waals surface area contributed by atoms with Gasteiger partial charge in [0, 0.05) is 37.5 Å². The van der Waals surface area contributed by atoms with Crippen molar-refractivity contribution >= 4 is 16.6 Å². The van der Waals surface area contributed by atoms with Crippen LogP contribution < -0.4 is 9.64 Å². The lowest BCUT2D eigenvalue weighted by Gasteiger charge is -2.33. The first-order chi connectivity index (χ1) is 9.81. The molecule has 1 fully saturated rings. The van der Waals surface area contributed by atoms with Crippen LogP contribution in [0.25, 0.3) is 10.9 Å². The molecule has 1 aromatic carbocycles. The fourth-order valence-corrected chi connectivity index (χ4v) is 2.85. The lowest BCUT2D eigenvalue weighted by atomic mass is 10.1. The average Bonchev–Trinajstić information content (AvgIpc) is 2.54. The Bertz CT molecular complexity index is 592. The van der Waals surface area contributed by atoms with E-state index < -0.39 is 0 Å². The highest BCUT2D eigenvalue weighted by molar-refractivity contribution is 5.92. The highest BCUT2D eigenvalue weighted by Gasteiger charge is 2.20. The molecule has 4 nitrogen and oxygen atoms in total. The number of piperidine rings is 1. The number of hydrogen-bond donors (Lipinski definition) is 0. The van der Waals surface area contributed by atoms with E-state index in [1.165, 1.54) is 5.69 Å². The minimum Gasteiger partial charge on any atom is -0.497 e. The molecule has 1 aromatic heterocycles. The maximum absolute atomic E-state index is 5.44. The van der Waals surface area contributed by atoms with Gasteiger partial charge < -0.3 is 14.4 Å². The molecule has 3 rings (SSSR count). The van der Waals surface area contributed by atoms with Gasteiger partial charge in [-0.25, -0.2) is 0 Å². The Labute approximate surface area is 119 Å². The smallest absolute Gasteiger partial charge is 0.119 e. The summed E-state index contributed by atoms with van der Waals surface area (Å²) in [5.74, 6) is 0.874. The van der Waals surface area contributed by atoms with E-state index in [0.717, 1.165) is 42.6 Å². The second-order valence-electron chi connectivity index (χ2n) is 5.14. The zero-order valence-electron chi connectivity index (χ0n) is 12.0. The molecule has 0 saturated carbocycles. The molecule has 4 heteroatoms. The molecule has 20 heavy (non-hydrogen) atoms. The van der Waals surface area contributed by atoms with Crippen molar-refractivity contribution in [3.8, 4) is 5.75 Å².